The van der Waals surface area contributed by atoms with Gasteiger partial charge in [0.15, 0.2) is 5.69 Å². The summed E-state index contributed by atoms with van der Waals surface area (Å²) in [6.07, 6.45) is 3.18. The molecular formula is C15H13ClN4O2. The summed E-state index contributed by atoms with van der Waals surface area (Å²) in [5.74, 6) is -0.507. The lowest BCUT2D eigenvalue weighted by molar-refractivity contribution is 0.0594. The molecule has 0 amide bonds. The van der Waals surface area contributed by atoms with E-state index in [-0.39, 0.29) is 11.7 Å². The number of esters is 1. The molecule has 3 rings (SSSR count). The number of aromatic nitrogens is 4. The Bertz CT molecular complexity index is 846. The second-order valence-electron chi connectivity index (χ2n) is 4.86. The van der Waals surface area contributed by atoms with E-state index in [1.54, 1.807) is 17.1 Å². The van der Waals surface area contributed by atoms with E-state index in [0.717, 1.165) is 16.5 Å². The third-order valence-electron chi connectivity index (χ3n) is 3.46. The standard InChI is InChI=1S/C15H13ClN4O2/c1-9(20-8-14(18-19-20)15(21)22-2)10-3-4-13-11(5-10)6-12(16)7-17-13/h3-9H,1-2H3. The van der Waals surface area contributed by atoms with E-state index in [2.05, 4.69) is 20.0 Å². The van der Waals surface area contributed by atoms with Crippen molar-refractivity contribution in [2.45, 2.75) is 13.0 Å². The summed E-state index contributed by atoms with van der Waals surface area (Å²) in [5.41, 5.74) is 2.06. The molecule has 0 bridgehead atoms. The third kappa shape index (κ3) is 2.65. The summed E-state index contributed by atoms with van der Waals surface area (Å²) in [4.78, 5) is 15.7. The van der Waals surface area contributed by atoms with Gasteiger partial charge in [0.1, 0.15) is 0 Å². The Morgan fingerprint density at radius 2 is 2.18 bits per heavy atom. The molecule has 1 unspecified atom stereocenters. The molecule has 22 heavy (non-hydrogen) atoms. The average Bonchev–Trinajstić information content (AvgIpc) is 3.02. The molecule has 0 fully saturated rings. The fraction of sp³-hybridized carbons (Fsp3) is 0.200. The van der Waals surface area contributed by atoms with Crippen LogP contribution in [0.4, 0.5) is 0 Å². The SMILES string of the molecule is COC(=O)c1cn(C(C)c2ccc3ncc(Cl)cc3c2)nn1. The number of pyridine rings is 1. The molecule has 0 spiro atoms. The zero-order valence-corrected chi connectivity index (χ0v) is 12.8. The van der Waals surface area contributed by atoms with E-state index in [0.29, 0.717) is 5.02 Å². The smallest absolute Gasteiger partial charge is 0.360 e. The van der Waals surface area contributed by atoms with Crippen molar-refractivity contribution >= 4 is 28.5 Å². The van der Waals surface area contributed by atoms with Crippen molar-refractivity contribution in [3.63, 3.8) is 0 Å². The van der Waals surface area contributed by atoms with Gasteiger partial charge in [-0.15, -0.1) is 5.10 Å². The monoisotopic (exact) mass is 316 g/mol. The summed E-state index contributed by atoms with van der Waals surface area (Å²) in [6, 6.07) is 7.66. The van der Waals surface area contributed by atoms with Gasteiger partial charge in [-0.3, -0.25) is 4.98 Å². The number of nitrogens with zero attached hydrogens (tertiary/aromatic N) is 4. The molecule has 0 aliphatic heterocycles. The van der Waals surface area contributed by atoms with Crippen LogP contribution >= 0.6 is 11.6 Å². The van der Waals surface area contributed by atoms with Crippen LogP contribution in [-0.2, 0) is 4.74 Å². The van der Waals surface area contributed by atoms with Gasteiger partial charge in [0.05, 0.1) is 29.9 Å². The first-order chi connectivity index (χ1) is 10.6. The zero-order valence-electron chi connectivity index (χ0n) is 12.0. The van der Waals surface area contributed by atoms with E-state index in [1.165, 1.54) is 7.11 Å². The number of hydrogen-bond acceptors (Lipinski definition) is 5. The first kappa shape index (κ1) is 14.5. The molecule has 1 aromatic carbocycles. The lowest BCUT2D eigenvalue weighted by Gasteiger charge is -2.12. The van der Waals surface area contributed by atoms with Crippen molar-refractivity contribution < 1.29 is 9.53 Å². The number of benzene rings is 1. The molecule has 0 aliphatic rings. The first-order valence-corrected chi connectivity index (χ1v) is 7.01. The Morgan fingerprint density at radius 3 is 2.95 bits per heavy atom. The summed E-state index contributed by atoms with van der Waals surface area (Å²) in [7, 11) is 1.31. The molecule has 0 saturated carbocycles. The fourth-order valence-electron chi connectivity index (χ4n) is 2.20. The van der Waals surface area contributed by atoms with E-state index in [9.17, 15) is 4.79 Å². The molecule has 1 atom stereocenters. The Kier molecular flexibility index (Phi) is 3.77. The molecule has 0 N–H and O–H groups in total. The van der Waals surface area contributed by atoms with Gasteiger partial charge < -0.3 is 4.74 Å². The normalized spacial score (nSPS) is 12.3. The van der Waals surface area contributed by atoms with Crippen LogP contribution in [0, 0.1) is 0 Å². The minimum Gasteiger partial charge on any atom is -0.464 e. The van der Waals surface area contributed by atoms with Gasteiger partial charge in [-0.2, -0.15) is 0 Å². The van der Waals surface area contributed by atoms with Gasteiger partial charge in [-0.05, 0) is 30.7 Å². The number of carbonyl (C=O) groups excluding carboxylic acids is 1. The Morgan fingerprint density at radius 1 is 1.36 bits per heavy atom. The molecule has 2 heterocycles. The molecular weight excluding hydrogens is 304 g/mol. The summed E-state index contributed by atoms with van der Waals surface area (Å²) < 4.78 is 6.24. The van der Waals surface area contributed by atoms with E-state index >= 15 is 0 Å². The maximum atomic E-state index is 11.4. The van der Waals surface area contributed by atoms with Gasteiger partial charge in [-0.25, -0.2) is 9.48 Å². The molecule has 112 valence electrons. The van der Waals surface area contributed by atoms with Crippen LogP contribution in [0.5, 0.6) is 0 Å². The quantitative estimate of drug-likeness (QED) is 0.695. The summed E-state index contributed by atoms with van der Waals surface area (Å²) in [5, 5.41) is 9.34. The molecule has 0 saturated heterocycles. The van der Waals surface area contributed by atoms with Crippen molar-refractivity contribution in [2.24, 2.45) is 0 Å². The summed E-state index contributed by atoms with van der Waals surface area (Å²) >= 11 is 5.98. The number of halogens is 1. The molecule has 0 aliphatic carbocycles. The Balaban J connectivity index is 1.95. The number of methoxy groups -OCH3 is 1. The molecule has 2 aromatic heterocycles. The molecule has 0 radical (unpaired) electrons. The summed E-state index contributed by atoms with van der Waals surface area (Å²) in [6.45, 7) is 1.97. The first-order valence-electron chi connectivity index (χ1n) is 6.64. The van der Waals surface area contributed by atoms with E-state index < -0.39 is 5.97 Å². The second kappa shape index (κ2) is 5.73. The lowest BCUT2D eigenvalue weighted by atomic mass is 10.1. The molecule has 6 nitrogen and oxygen atoms in total. The van der Waals surface area contributed by atoms with Crippen LogP contribution in [0.25, 0.3) is 10.9 Å². The van der Waals surface area contributed by atoms with Gasteiger partial charge in [-0.1, -0.05) is 22.9 Å². The minimum absolute atomic E-state index is 0.0886. The van der Waals surface area contributed by atoms with Gasteiger partial charge >= 0.3 is 5.97 Å². The number of hydrogen-bond donors (Lipinski definition) is 0. The fourth-order valence-corrected chi connectivity index (χ4v) is 2.37. The van der Waals surface area contributed by atoms with Crippen LogP contribution in [0.15, 0.2) is 36.7 Å². The highest BCUT2D eigenvalue weighted by Crippen LogP contribution is 2.23. The third-order valence-corrected chi connectivity index (χ3v) is 3.66. The highest BCUT2D eigenvalue weighted by molar-refractivity contribution is 6.31. The predicted octanol–water partition coefficient (Wildman–Crippen LogP) is 2.88. The number of fused-ring (bicyclic) bond motifs is 1. The number of rotatable bonds is 3. The largest absolute Gasteiger partial charge is 0.464 e. The maximum absolute atomic E-state index is 11.4. The van der Waals surface area contributed by atoms with Crippen LogP contribution in [0.1, 0.15) is 29.0 Å². The minimum atomic E-state index is -0.507. The van der Waals surface area contributed by atoms with Crippen molar-refractivity contribution in [3.8, 4) is 0 Å². The van der Waals surface area contributed by atoms with E-state index in [1.807, 2.05) is 31.2 Å². The number of carbonyl (C=O) groups is 1. The lowest BCUT2D eigenvalue weighted by Crippen LogP contribution is -2.07. The van der Waals surface area contributed by atoms with Crippen molar-refractivity contribution in [2.75, 3.05) is 7.11 Å². The topological polar surface area (TPSA) is 69.9 Å². The Hall–Kier alpha value is -2.47. The van der Waals surface area contributed by atoms with Gasteiger partial charge in [0.2, 0.25) is 0 Å². The predicted molar refractivity (Wildman–Crippen MR) is 81.9 cm³/mol. The van der Waals surface area contributed by atoms with Crippen LogP contribution in [0.2, 0.25) is 5.02 Å². The molecule has 7 heteroatoms. The highest BCUT2D eigenvalue weighted by atomic mass is 35.5. The maximum Gasteiger partial charge on any atom is 0.360 e. The van der Waals surface area contributed by atoms with Crippen molar-refractivity contribution in [1.82, 2.24) is 20.0 Å². The van der Waals surface area contributed by atoms with Crippen molar-refractivity contribution in [1.29, 1.82) is 0 Å². The average molecular weight is 317 g/mol. The van der Waals surface area contributed by atoms with Crippen LogP contribution < -0.4 is 0 Å². The number of ether oxygens (including phenoxy) is 1. The van der Waals surface area contributed by atoms with Crippen LogP contribution in [0.3, 0.4) is 0 Å². The zero-order chi connectivity index (χ0) is 15.7. The highest BCUT2D eigenvalue weighted by Gasteiger charge is 2.15. The van der Waals surface area contributed by atoms with Gasteiger partial charge in [0.25, 0.3) is 0 Å². The van der Waals surface area contributed by atoms with Gasteiger partial charge in [0, 0.05) is 11.6 Å². The van der Waals surface area contributed by atoms with Crippen molar-refractivity contribution in [3.05, 3.63) is 52.9 Å². The second-order valence-corrected chi connectivity index (χ2v) is 5.29. The van der Waals surface area contributed by atoms with Crippen LogP contribution in [-0.4, -0.2) is 33.1 Å². The Labute approximate surface area is 131 Å². The van der Waals surface area contributed by atoms with E-state index in [4.69, 9.17) is 11.6 Å². The molecule has 3 aromatic rings.